The molecule has 1 aromatic heterocycles. The summed E-state index contributed by atoms with van der Waals surface area (Å²) in [6.07, 6.45) is 2.91. The van der Waals surface area contributed by atoms with Crippen molar-refractivity contribution in [1.29, 1.82) is 0 Å². The minimum atomic E-state index is -0.622. The molecule has 0 saturated heterocycles. The zero-order chi connectivity index (χ0) is 8.81. The highest BCUT2D eigenvalue weighted by molar-refractivity contribution is 5.84. The van der Waals surface area contributed by atoms with Gasteiger partial charge < -0.3 is 9.53 Å². The number of hydrogen-bond acceptors (Lipinski definition) is 5. The number of esters is 1. The van der Waals surface area contributed by atoms with E-state index in [2.05, 4.69) is 14.7 Å². The maximum absolute atomic E-state index is 10.7. The van der Waals surface area contributed by atoms with Gasteiger partial charge in [-0.2, -0.15) is 0 Å². The molecule has 0 aliphatic rings. The third kappa shape index (κ3) is 2.45. The van der Waals surface area contributed by atoms with Crippen LogP contribution < -0.4 is 4.74 Å². The summed E-state index contributed by atoms with van der Waals surface area (Å²) in [5.41, 5.74) is 0. The van der Waals surface area contributed by atoms with Crippen LogP contribution in [0.25, 0.3) is 0 Å². The summed E-state index contributed by atoms with van der Waals surface area (Å²) in [5, 5.41) is 0. The molecule has 5 heteroatoms. The number of carbonyl (C=O) groups is 2. The van der Waals surface area contributed by atoms with Crippen LogP contribution in [0.5, 0.6) is 5.88 Å². The monoisotopic (exact) mass is 166 g/mol. The standard InChI is InChI=1S/C7H6N2O3/c10-4-2-7(11)12-6-1-3-8-5-9-6/h1,3-5H,2H2. The Kier molecular flexibility index (Phi) is 2.89. The maximum Gasteiger partial charge on any atom is 0.319 e. The molecule has 62 valence electrons. The van der Waals surface area contributed by atoms with Crippen molar-refractivity contribution in [2.45, 2.75) is 6.42 Å². The molecule has 0 spiro atoms. The highest BCUT2D eigenvalue weighted by Crippen LogP contribution is 2.01. The van der Waals surface area contributed by atoms with Gasteiger partial charge in [-0.1, -0.05) is 0 Å². The molecular weight excluding hydrogens is 160 g/mol. The smallest absolute Gasteiger partial charge is 0.319 e. The SMILES string of the molecule is O=CCC(=O)Oc1ccncn1. The average Bonchev–Trinajstić information content (AvgIpc) is 2.06. The van der Waals surface area contributed by atoms with Crippen molar-refractivity contribution in [1.82, 2.24) is 9.97 Å². The molecule has 0 bridgehead atoms. The fourth-order valence-corrected chi connectivity index (χ4v) is 0.565. The van der Waals surface area contributed by atoms with Crippen LogP contribution >= 0.6 is 0 Å². The molecule has 0 fully saturated rings. The normalized spacial score (nSPS) is 9.00. The predicted octanol–water partition coefficient (Wildman–Crippen LogP) is -0.0290. The minimum absolute atomic E-state index is 0.150. The van der Waals surface area contributed by atoms with Crippen LogP contribution in [0, 0.1) is 0 Å². The Bertz CT molecular complexity index is 273. The Morgan fingerprint density at radius 2 is 2.50 bits per heavy atom. The molecule has 0 radical (unpaired) electrons. The van der Waals surface area contributed by atoms with Crippen LogP contribution in [0.3, 0.4) is 0 Å². The Morgan fingerprint density at radius 3 is 3.08 bits per heavy atom. The molecule has 0 unspecified atom stereocenters. The summed E-state index contributed by atoms with van der Waals surface area (Å²) < 4.78 is 4.63. The largest absolute Gasteiger partial charge is 0.407 e. The van der Waals surface area contributed by atoms with Gasteiger partial charge in [0, 0.05) is 12.3 Å². The number of ether oxygens (including phenoxy) is 1. The van der Waals surface area contributed by atoms with Gasteiger partial charge in [-0.15, -0.1) is 0 Å². The lowest BCUT2D eigenvalue weighted by atomic mass is 10.5. The van der Waals surface area contributed by atoms with Crippen LogP contribution in [0.15, 0.2) is 18.6 Å². The third-order valence-corrected chi connectivity index (χ3v) is 1.02. The second kappa shape index (κ2) is 4.17. The van der Waals surface area contributed by atoms with E-state index in [-0.39, 0.29) is 12.3 Å². The van der Waals surface area contributed by atoms with Crippen LogP contribution in [0.1, 0.15) is 6.42 Å². The molecule has 0 amide bonds. The lowest BCUT2D eigenvalue weighted by Crippen LogP contribution is -2.08. The molecule has 0 aliphatic carbocycles. The van der Waals surface area contributed by atoms with Crippen molar-refractivity contribution in [3.05, 3.63) is 18.6 Å². The van der Waals surface area contributed by atoms with Crippen molar-refractivity contribution >= 4 is 12.3 Å². The number of aromatic nitrogens is 2. The molecule has 0 aromatic carbocycles. The van der Waals surface area contributed by atoms with E-state index in [4.69, 9.17) is 0 Å². The molecule has 5 nitrogen and oxygen atoms in total. The highest BCUT2D eigenvalue weighted by atomic mass is 16.5. The Morgan fingerprint density at radius 1 is 1.67 bits per heavy atom. The molecule has 1 heterocycles. The van der Waals surface area contributed by atoms with Gasteiger partial charge in [-0.3, -0.25) is 4.79 Å². The van der Waals surface area contributed by atoms with E-state index in [0.717, 1.165) is 0 Å². The molecule has 1 aromatic rings. The summed E-state index contributed by atoms with van der Waals surface area (Å²) in [5.74, 6) is -0.472. The lowest BCUT2D eigenvalue weighted by Gasteiger charge is -1.97. The molecule has 0 N–H and O–H groups in total. The van der Waals surface area contributed by atoms with E-state index in [1.807, 2.05) is 0 Å². The quantitative estimate of drug-likeness (QED) is 0.358. The zero-order valence-corrected chi connectivity index (χ0v) is 6.14. The van der Waals surface area contributed by atoms with Gasteiger partial charge in [0.15, 0.2) is 0 Å². The summed E-state index contributed by atoms with van der Waals surface area (Å²) in [4.78, 5) is 27.8. The second-order valence-electron chi connectivity index (χ2n) is 1.89. The van der Waals surface area contributed by atoms with E-state index in [0.29, 0.717) is 6.29 Å². The molecule has 1 rings (SSSR count). The Balaban J connectivity index is 2.52. The Hall–Kier alpha value is -1.78. The number of rotatable bonds is 3. The molecular formula is C7H6N2O3. The summed E-state index contributed by atoms with van der Waals surface area (Å²) >= 11 is 0. The number of carbonyl (C=O) groups excluding carboxylic acids is 2. The van der Waals surface area contributed by atoms with Crippen LogP contribution in [-0.4, -0.2) is 22.2 Å². The highest BCUT2D eigenvalue weighted by Gasteiger charge is 2.02. The molecule has 0 atom stereocenters. The van der Waals surface area contributed by atoms with Gasteiger partial charge in [-0.25, -0.2) is 9.97 Å². The Labute approximate surface area is 68.4 Å². The minimum Gasteiger partial charge on any atom is -0.407 e. The number of hydrogen-bond donors (Lipinski definition) is 0. The van der Waals surface area contributed by atoms with Crippen molar-refractivity contribution in [2.75, 3.05) is 0 Å². The first kappa shape index (κ1) is 8.32. The summed E-state index contributed by atoms with van der Waals surface area (Å²) in [6.45, 7) is 0. The van der Waals surface area contributed by atoms with Gasteiger partial charge in [0.2, 0.25) is 5.88 Å². The van der Waals surface area contributed by atoms with Gasteiger partial charge in [0.25, 0.3) is 0 Å². The van der Waals surface area contributed by atoms with Crippen molar-refractivity contribution < 1.29 is 14.3 Å². The van der Waals surface area contributed by atoms with E-state index >= 15 is 0 Å². The maximum atomic E-state index is 10.7. The van der Waals surface area contributed by atoms with Crippen LogP contribution in [0.2, 0.25) is 0 Å². The first-order valence-corrected chi connectivity index (χ1v) is 3.23. The predicted molar refractivity (Wildman–Crippen MR) is 38.3 cm³/mol. The molecule has 0 aliphatic heterocycles. The molecule has 12 heavy (non-hydrogen) atoms. The van der Waals surface area contributed by atoms with Crippen molar-refractivity contribution in [2.24, 2.45) is 0 Å². The lowest BCUT2D eigenvalue weighted by molar-refractivity contribution is -0.136. The van der Waals surface area contributed by atoms with Gasteiger partial charge >= 0.3 is 5.97 Å². The third-order valence-electron chi connectivity index (χ3n) is 1.02. The van der Waals surface area contributed by atoms with Crippen LogP contribution in [0.4, 0.5) is 0 Å². The van der Waals surface area contributed by atoms with Gasteiger partial charge in [0.1, 0.15) is 19.0 Å². The van der Waals surface area contributed by atoms with E-state index in [9.17, 15) is 9.59 Å². The topological polar surface area (TPSA) is 69.2 Å². The fraction of sp³-hybridized carbons (Fsp3) is 0.143. The van der Waals surface area contributed by atoms with E-state index in [1.165, 1.54) is 18.6 Å². The van der Waals surface area contributed by atoms with Crippen LogP contribution in [-0.2, 0) is 9.59 Å². The van der Waals surface area contributed by atoms with E-state index < -0.39 is 5.97 Å². The summed E-state index contributed by atoms with van der Waals surface area (Å²) in [6, 6.07) is 1.43. The first-order chi connectivity index (χ1) is 5.83. The van der Waals surface area contributed by atoms with E-state index in [1.54, 1.807) is 0 Å². The van der Waals surface area contributed by atoms with Gasteiger partial charge in [-0.05, 0) is 0 Å². The number of aldehydes is 1. The fourth-order valence-electron chi connectivity index (χ4n) is 0.565. The second-order valence-corrected chi connectivity index (χ2v) is 1.89. The van der Waals surface area contributed by atoms with Crippen molar-refractivity contribution in [3.8, 4) is 5.88 Å². The van der Waals surface area contributed by atoms with Crippen molar-refractivity contribution in [3.63, 3.8) is 0 Å². The van der Waals surface area contributed by atoms with Gasteiger partial charge in [0.05, 0.1) is 0 Å². The molecule has 0 saturated carbocycles. The first-order valence-electron chi connectivity index (χ1n) is 3.23. The summed E-state index contributed by atoms with van der Waals surface area (Å²) in [7, 11) is 0. The average molecular weight is 166 g/mol. The zero-order valence-electron chi connectivity index (χ0n) is 6.14. The number of nitrogens with zero attached hydrogens (tertiary/aromatic N) is 2.